The van der Waals surface area contributed by atoms with Gasteiger partial charge < -0.3 is 5.32 Å². The molecule has 0 bridgehead atoms. The van der Waals surface area contributed by atoms with Gasteiger partial charge in [-0.1, -0.05) is 17.7 Å². The third-order valence-corrected chi connectivity index (χ3v) is 2.74. The quantitative estimate of drug-likeness (QED) is 0.891. The van der Waals surface area contributed by atoms with E-state index < -0.39 is 0 Å². The maximum atomic E-state index is 5.89. The van der Waals surface area contributed by atoms with Crippen molar-refractivity contribution in [2.45, 2.75) is 0 Å². The lowest BCUT2D eigenvalue weighted by atomic mass is 10.3. The number of halogens is 2. The second-order valence-corrected chi connectivity index (χ2v) is 4.28. The fourth-order valence-electron chi connectivity index (χ4n) is 1.20. The van der Waals surface area contributed by atoms with E-state index in [9.17, 15) is 0 Å². The minimum Gasteiger partial charge on any atom is -0.354 e. The van der Waals surface area contributed by atoms with Gasteiger partial charge in [0.05, 0.1) is 10.2 Å². The molecule has 0 fully saturated rings. The molecular formula is C11H8BrClN2. The first-order chi connectivity index (χ1) is 7.25. The summed E-state index contributed by atoms with van der Waals surface area (Å²) in [6, 6.07) is 9.46. The van der Waals surface area contributed by atoms with E-state index in [1.807, 2.05) is 30.3 Å². The number of nitrogens with zero attached hydrogens (tertiary/aromatic N) is 1. The highest BCUT2D eigenvalue weighted by atomic mass is 79.9. The molecule has 0 aliphatic carbocycles. The Labute approximate surface area is 101 Å². The van der Waals surface area contributed by atoms with E-state index in [-0.39, 0.29) is 0 Å². The van der Waals surface area contributed by atoms with Crippen molar-refractivity contribution in [2.75, 3.05) is 5.32 Å². The Balaban J connectivity index is 2.26. The second-order valence-electron chi connectivity index (χ2n) is 2.99. The standard InChI is InChI=1S/C11H8BrClN2/c12-10-7-14-5-4-11(10)15-9-3-1-2-8(13)6-9/h1-7H,(H,14,15). The van der Waals surface area contributed by atoms with E-state index in [1.165, 1.54) is 0 Å². The van der Waals surface area contributed by atoms with Gasteiger partial charge in [0.1, 0.15) is 0 Å². The summed E-state index contributed by atoms with van der Waals surface area (Å²) < 4.78 is 0.921. The zero-order valence-corrected chi connectivity index (χ0v) is 10.1. The third-order valence-electron chi connectivity index (χ3n) is 1.88. The zero-order chi connectivity index (χ0) is 10.7. The minimum absolute atomic E-state index is 0.713. The lowest BCUT2D eigenvalue weighted by Crippen LogP contribution is -1.91. The Morgan fingerprint density at radius 1 is 1.27 bits per heavy atom. The summed E-state index contributed by atoms with van der Waals surface area (Å²) in [5.74, 6) is 0. The average Bonchev–Trinajstić information content (AvgIpc) is 2.22. The van der Waals surface area contributed by atoms with Crippen molar-refractivity contribution < 1.29 is 0 Å². The minimum atomic E-state index is 0.713. The molecule has 0 aliphatic rings. The van der Waals surface area contributed by atoms with Crippen molar-refractivity contribution in [2.24, 2.45) is 0 Å². The van der Waals surface area contributed by atoms with Gasteiger partial charge in [0, 0.05) is 23.1 Å². The fourth-order valence-corrected chi connectivity index (χ4v) is 1.74. The molecule has 2 nitrogen and oxygen atoms in total. The van der Waals surface area contributed by atoms with Crippen LogP contribution < -0.4 is 5.32 Å². The Morgan fingerprint density at radius 3 is 2.87 bits per heavy atom. The van der Waals surface area contributed by atoms with Crippen molar-refractivity contribution in [3.05, 3.63) is 52.2 Å². The number of nitrogens with one attached hydrogen (secondary N) is 1. The summed E-state index contributed by atoms with van der Waals surface area (Å²) in [6.45, 7) is 0. The highest BCUT2D eigenvalue weighted by Gasteiger charge is 1.99. The van der Waals surface area contributed by atoms with Crippen LogP contribution in [0.25, 0.3) is 0 Å². The molecule has 0 aliphatic heterocycles. The van der Waals surface area contributed by atoms with Crippen LogP contribution in [0.15, 0.2) is 47.2 Å². The SMILES string of the molecule is Clc1cccc(Nc2ccncc2Br)c1. The summed E-state index contributed by atoms with van der Waals surface area (Å²) in [6.07, 6.45) is 3.48. The molecule has 0 unspecified atom stereocenters. The van der Waals surface area contributed by atoms with Crippen LogP contribution in [0.2, 0.25) is 5.02 Å². The number of rotatable bonds is 2. The fraction of sp³-hybridized carbons (Fsp3) is 0. The number of anilines is 2. The summed E-state index contributed by atoms with van der Waals surface area (Å²) in [4.78, 5) is 3.99. The Bertz CT molecular complexity index is 474. The van der Waals surface area contributed by atoms with Gasteiger partial charge in [-0.05, 0) is 40.2 Å². The normalized spacial score (nSPS) is 10.0. The molecule has 0 spiro atoms. The lowest BCUT2D eigenvalue weighted by molar-refractivity contribution is 1.30. The zero-order valence-electron chi connectivity index (χ0n) is 7.74. The number of aromatic nitrogens is 1. The maximum Gasteiger partial charge on any atom is 0.0593 e. The first-order valence-electron chi connectivity index (χ1n) is 4.38. The number of benzene rings is 1. The monoisotopic (exact) mass is 282 g/mol. The van der Waals surface area contributed by atoms with E-state index in [4.69, 9.17) is 11.6 Å². The van der Waals surface area contributed by atoms with Gasteiger partial charge in [-0.2, -0.15) is 0 Å². The lowest BCUT2D eigenvalue weighted by Gasteiger charge is -2.07. The summed E-state index contributed by atoms with van der Waals surface area (Å²) >= 11 is 9.30. The molecule has 2 rings (SSSR count). The molecule has 0 radical (unpaired) electrons. The third kappa shape index (κ3) is 2.70. The van der Waals surface area contributed by atoms with E-state index in [0.29, 0.717) is 5.02 Å². The molecule has 0 atom stereocenters. The van der Waals surface area contributed by atoms with E-state index in [2.05, 4.69) is 26.2 Å². The van der Waals surface area contributed by atoms with Crippen LogP contribution in [-0.2, 0) is 0 Å². The van der Waals surface area contributed by atoms with Crippen molar-refractivity contribution in [3.8, 4) is 0 Å². The van der Waals surface area contributed by atoms with Crippen LogP contribution in [0.5, 0.6) is 0 Å². The van der Waals surface area contributed by atoms with Gasteiger partial charge >= 0.3 is 0 Å². The molecular weight excluding hydrogens is 275 g/mol. The number of pyridine rings is 1. The van der Waals surface area contributed by atoms with Gasteiger partial charge in [0.2, 0.25) is 0 Å². The predicted octanol–water partition coefficient (Wildman–Crippen LogP) is 4.24. The molecule has 0 amide bonds. The van der Waals surface area contributed by atoms with E-state index in [0.717, 1.165) is 15.8 Å². The second kappa shape index (κ2) is 4.64. The molecule has 1 aromatic carbocycles. The molecule has 76 valence electrons. The molecule has 1 heterocycles. The summed E-state index contributed by atoms with van der Waals surface area (Å²) in [5.41, 5.74) is 1.92. The molecule has 2 aromatic rings. The highest BCUT2D eigenvalue weighted by Crippen LogP contribution is 2.25. The first-order valence-corrected chi connectivity index (χ1v) is 5.55. The van der Waals surface area contributed by atoms with Gasteiger partial charge in [0.15, 0.2) is 0 Å². The van der Waals surface area contributed by atoms with Crippen molar-refractivity contribution in [1.82, 2.24) is 4.98 Å². The molecule has 1 N–H and O–H groups in total. The van der Waals surface area contributed by atoms with Crippen molar-refractivity contribution in [3.63, 3.8) is 0 Å². The van der Waals surface area contributed by atoms with Crippen molar-refractivity contribution in [1.29, 1.82) is 0 Å². The van der Waals surface area contributed by atoms with Gasteiger partial charge in [-0.25, -0.2) is 0 Å². The van der Waals surface area contributed by atoms with Crippen LogP contribution in [0.4, 0.5) is 11.4 Å². The number of hydrogen-bond acceptors (Lipinski definition) is 2. The molecule has 0 saturated carbocycles. The van der Waals surface area contributed by atoms with Crippen LogP contribution in [-0.4, -0.2) is 4.98 Å². The van der Waals surface area contributed by atoms with E-state index in [1.54, 1.807) is 12.4 Å². The molecule has 0 saturated heterocycles. The largest absolute Gasteiger partial charge is 0.354 e. The number of hydrogen-bond donors (Lipinski definition) is 1. The smallest absolute Gasteiger partial charge is 0.0593 e. The van der Waals surface area contributed by atoms with Crippen LogP contribution in [0.3, 0.4) is 0 Å². The van der Waals surface area contributed by atoms with Gasteiger partial charge in [0.25, 0.3) is 0 Å². The predicted molar refractivity (Wildman–Crippen MR) is 66.7 cm³/mol. The Kier molecular flexibility index (Phi) is 3.23. The Morgan fingerprint density at radius 2 is 2.13 bits per heavy atom. The van der Waals surface area contributed by atoms with Crippen LogP contribution >= 0.6 is 27.5 Å². The highest BCUT2D eigenvalue weighted by molar-refractivity contribution is 9.10. The summed E-state index contributed by atoms with van der Waals surface area (Å²) in [5, 5.41) is 3.95. The van der Waals surface area contributed by atoms with Gasteiger partial charge in [-0.3, -0.25) is 4.98 Å². The maximum absolute atomic E-state index is 5.89. The summed E-state index contributed by atoms with van der Waals surface area (Å²) in [7, 11) is 0. The van der Waals surface area contributed by atoms with E-state index >= 15 is 0 Å². The molecule has 4 heteroatoms. The Hall–Kier alpha value is -1.06. The molecule has 1 aromatic heterocycles. The first kappa shape index (κ1) is 10.5. The molecule has 15 heavy (non-hydrogen) atoms. The van der Waals surface area contributed by atoms with Crippen LogP contribution in [0.1, 0.15) is 0 Å². The van der Waals surface area contributed by atoms with Crippen molar-refractivity contribution >= 4 is 38.9 Å². The average molecular weight is 284 g/mol. The van der Waals surface area contributed by atoms with Gasteiger partial charge in [-0.15, -0.1) is 0 Å². The van der Waals surface area contributed by atoms with Crippen LogP contribution in [0, 0.1) is 0 Å². The topological polar surface area (TPSA) is 24.9 Å².